The van der Waals surface area contributed by atoms with Gasteiger partial charge in [-0.05, 0) is 19.3 Å². The maximum absolute atomic E-state index is 12.8. The number of hydrogen-bond donors (Lipinski definition) is 9. The summed E-state index contributed by atoms with van der Waals surface area (Å²) in [5.74, 6) is -5.85. The molecule has 15 nitrogen and oxygen atoms in total. The molecule has 1 aliphatic carbocycles. The molecule has 0 radical (unpaired) electrons. The number of nitrogens with one attached hydrogen (secondary N) is 4. The Hall–Kier alpha value is -3.46. The van der Waals surface area contributed by atoms with Gasteiger partial charge in [0.25, 0.3) is 0 Å². The highest BCUT2D eigenvalue weighted by molar-refractivity contribution is 5.94. The number of rotatable bonds is 6. The van der Waals surface area contributed by atoms with Crippen LogP contribution in [0.2, 0.25) is 0 Å². The Kier molecular flexibility index (Phi) is 8.93. The van der Waals surface area contributed by atoms with Gasteiger partial charge < -0.3 is 48.1 Å². The first-order valence-electron chi connectivity index (χ1n) is 10.3. The molecule has 1 heterocycles. The number of carbonyl (C=O) groups excluding carboxylic acids is 4. The Balaban J connectivity index is 2.24. The molecule has 2 fully saturated rings. The summed E-state index contributed by atoms with van der Waals surface area (Å²) in [6.07, 6.45) is -3.59. The van der Waals surface area contributed by atoms with Crippen LogP contribution in [0.4, 0.5) is 0 Å². The van der Waals surface area contributed by atoms with Crippen LogP contribution < -0.4 is 32.7 Å². The fourth-order valence-electron chi connectivity index (χ4n) is 3.69. The van der Waals surface area contributed by atoms with Crippen molar-refractivity contribution < 1.29 is 39.3 Å². The lowest BCUT2D eigenvalue weighted by molar-refractivity contribution is -0.141. The van der Waals surface area contributed by atoms with Crippen molar-refractivity contribution in [1.29, 1.82) is 0 Å². The molecule has 4 amide bonds. The number of carboxylic acid groups (broad SMARTS) is 1. The number of hydrogen-bond acceptors (Lipinski definition) is 8. The number of aliphatic carboxylic acids is 1. The van der Waals surface area contributed by atoms with E-state index in [1.165, 1.54) is 0 Å². The lowest BCUT2D eigenvalue weighted by Crippen LogP contribution is -2.55. The monoisotopic (exact) mass is 471 g/mol. The van der Waals surface area contributed by atoms with Crippen LogP contribution in [0.1, 0.15) is 25.7 Å². The number of aliphatic hydroxyl groups is 2. The number of guanidine groups is 1. The number of carbonyl (C=O) groups is 5. The first-order chi connectivity index (χ1) is 15.5. The van der Waals surface area contributed by atoms with Crippen LogP contribution in [0.3, 0.4) is 0 Å². The Labute approximate surface area is 188 Å². The molecule has 6 atom stereocenters. The molecule has 15 heteroatoms. The van der Waals surface area contributed by atoms with E-state index in [1.54, 1.807) is 0 Å². The number of amides is 4. The van der Waals surface area contributed by atoms with E-state index >= 15 is 0 Å². The third kappa shape index (κ3) is 7.28. The third-order valence-electron chi connectivity index (χ3n) is 5.38. The van der Waals surface area contributed by atoms with Gasteiger partial charge in [-0.3, -0.25) is 29.0 Å². The molecule has 2 bridgehead atoms. The molecule has 2 rings (SSSR count). The fourth-order valence-corrected chi connectivity index (χ4v) is 3.69. The summed E-state index contributed by atoms with van der Waals surface area (Å²) in [5.41, 5.74) is 10.5. The molecule has 0 aromatic heterocycles. The van der Waals surface area contributed by atoms with E-state index in [9.17, 15) is 34.2 Å². The van der Waals surface area contributed by atoms with Crippen LogP contribution in [-0.2, 0) is 24.0 Å². The van der Waals surface area contributed by atoms with E-state index in [2.05, 4.69) is 26.3 Å². The zero-order valence-electron chi connectivity index (χ0n) is 17.7. The zero-order chi connectivity index (χ0) is 24.7. The minimum atomic E-state index is -1.54. The fraction of sp³-hybridized carbons (Fsp3) is 0.667. The molecule has 0 aromatic carbocycles. The average molecular weight is 471 g/mol. The van der Waals surface area contributed by atoms with Gasteiger partial charge in [0.1, 0.15) is 18.2 Å². The van der Waals surface area contributed by atoms with E-state index < -0.39 is 78.8 Å². The van der Waals surface area contributed by atoms with Gasteiger partial charge in [0.2, 0.25) is 23.6 Å². The lowest BCUT2D eigenvalue weighted by atomic mass is 10.0. The largest absolute Gasteiger partial charge is 0.481 e. The van der Waals surface area contributed by atoms with E-state index in [-0.39, 0.29) is 25.3 Å². The van der Waals surface area contributed by atoms with Crippen molar-refractivity contribution in [1.82, 2.24) is 21.3 Å². The Morgan fingerprint density at radius 1 is 0.970 bits per heavy atom. The van der Waals surface area contributed by atoms with Crippen LogP contribution in [0.15, 0.2) is 4.99 Å². The van der Waals surface area contributed by atoms with E-state index in [4.69, 9.17) is 16.6 Å². The molecular formula is C18H29N7O8. The molecule has 1 saturated carbocycles. The minimum absolute atomic E-state index is 0.100. The van der Waals surface area contributed by atoms with Crippen molar-refractivity contribution in [2.24, 2.45) is 22.4 Å². The number of aliphatic hydroxyl groups excluding tert-OH is 2. The number of carboxylic acids is 1. The smallest absolute Gasteiger partial charge is 0.305 e. The predicted molar refractivity (Wildman–Crippen MR) is 111 cm³/mol. The van der Waals surface area contributed by atoms with Gasteiger partial charge in [0.15, 0.2) is 5.96 Å². The number of fused-ring (bicyclic) bond motifs is 2. The SMILES string of the molecule is NC(N)=NCCC[C@@H]1NC(=O)[C@@H]2C[C@H](NC(=O)[C@@H](CC(=O)O)NC(=O)CNC1=O)[C@@H](O)[C@H]2O. The van der Waals surface area contributed by atoms with E-state index in [0.29, 0.717) is 6.42 Å². The summed E-state index contributed by atoms with van der Waals surface area (Å²) in [5, 5.41) is 39.1. The van der Waals surface area contributed by atoms with Gasteiger partial charge in [-0.15, -0.1) is 0 Å². The van der Waals surface area contributed by atoms with Crippen LogP contribution in [-0.4, -0.2) is 94.3 Å². The first kappa shape index (κ1) is 25.8. The summed E-state index contributed by atoms with van der Waals surface area (Å²) in [6, 6.07) is -3.67. The highest BCUT2D eigenvalue weighted by Crippen LogP contribution is 2.27. The highest BCUT2D eigenvalue weighted by Gasteiger charge is 2.46. The molecule has 33 heavy (non-hydrogen) atoms. The number of nitrogens with two attached hydrogens (primary N) is 2. The second-order valence-electron chi connectivity index (χ2n) is 7.88. The van der Waals surface area contributed by atoms with Crippen molar-refractivity contribution >= 4 is 35.6 Å². The van der Waals surface area contributed by atoms with Gasteiger partial charge >= 0.3 is 5.97 Å². The van der Waals surface area contributed by atoms with Crippen molar-refractivity contribution in [3.05, 3.63) is 0 Å². The molecule has 0 aromatic rings. The molecule has 11 N–H and O–H groups in total. The van der Waals surface area contributed by atoms with Gasteiger partial charge in [-0.1, -0.05) is 0 Å². The van der Waals surface area contributed by atoms with Gasteiger partial charge in [0, 0.05) is 6.54 Å². The van der Waals surface area contributed by atoms with Crippen molar-refractivity contribution in [3.8, 4) is 0 Å². The minimum Gasteiger partial charge on any atom is -0.481 e. The van der Waals surface area contributed by atoms with E-state index in [0.717, 1.165) is 0 Å². The lowest BCUT2D eigenvalue weighted by Gasteiger charge is -2.23. The predicted octanol–water partition coefficient (Wildman–Crippen LogP) is -5.16. The van der Waals surface area contributed by atoms with E-state index in [1.807, 2.05) is 0 Å². The van der Waals surface area contributed by atoms with Crippen LogP contribution in [0.25, 0.3) is 0 Å². The summed E-state index contributed by atoms with van der Waals surface area (Å²) in [6.45, 7) is -0.404. The maximum Gasteiger partial charge on any atom is 0.305 e. The standard InChI is InChI=1S/C18H29N7O8/c19-18(20)21-3-1-2-8-16(32)22-6-11(26)23-10(5-12(27)28)17(33)25-9-4-7(15(31)24-8)13(29)14(9)30/h7-10,13-14,29-30H,1-6H2,(H,22,32)(H,23,26)(H,24,31)(H,25,33)(H,27,28)(H4,19,20,21)/t7-,8+,9+,10-,13+,14-/m1/s1. The highest BCUT2D eigenvalue weighted by atomic mass is 16.4. The maximum atomic E-state index is 12.8. The van der Waals surface area contributed by atoms with Crippen molar-refractivity contribution in [2.45, 2.75) is 56.0 Å². The third-order valence-corrected chi connectivity index (χ3v) is 5.38. The van der Waals surface area contributed by atoms with Crippen LogP contribution >= 0.6 is 0 Å². The van der Waals surface area contributed by atoms with Gasteiger partial charge in [0.05, 0.1) is 31.0 Å². The Bertz CT molecular complexity index is 816. The molecule has 1 saturated heterocycles. The van der Waals surface area contributed by atoms with Crippen LogP contribution in [0, 0.1) is 5.92 Å². The Morgan fingerprint density at radius 2 is 1.67 bits per heavy atom. The Morgan fingerprint density at radius 3 is 2.30 bits per heavy atom. The topological polar surface area (TPSA) is 259 Å². The van der Waals surface area contributed by atoms with Crippen molar-refractivity contribution in [2.75, 3.05) is 13.1 Å². The molecule has 0 unspecified atom stereocenters. The number of nitrogens with zero attached hydrogens (tertiary/aromatic N) is 1. The molecule has 184 valence electrons. The van der Waals surface area contributed by atoms with Crippen molar-refractivity contribution in [3.63, 3.8) is 0 Å². The zero-order valence-corrected chi connectivity index (χ0v) is 17.7. The summed E-state index contributed by atoms with van der Waals surface area (Å²) < 4.78 is 0. The van der Waals surface area contributed by atoms with Crippen LogP contribution in [0.5, 0.6) is 0 Å². The quantitative estimate of drug-likeness (QED) is 0.101. The molecule has 2 aliphatic rings. The first-order valence-corrected chi connectivity index (χ1v) is 10.3. The number of aliphatic imine (C=N–C) groups is 1. The molecule has 0 spiro atoms. The normalized spacial score (nSPS) is 30.8. The van der Waals surface area contributed by atoms with Gasteiger partial charge in [-0.25, -0.2) is 0 Å². The van der Waals surface area contributed by atoms with Gasteiger partial charge in [-0.2, -0.15) is 0 Å². The second-order valence-corrected chi connectivity index (χ2v) is 7.88. The summed E-state index contributed by atoms with van der Waals surface area (Å²) in [7, 11) is 0. The summed E-state index contributed by atoms with van der Waals surface area (Å²) >= 11 is 0. The summed E-state index contributed by atoms with van der Waals surface area (Å²) in [4.78, 5) is 64.9. The second kappa shape index (κ2) is 11.4. The molecular weight excluding hydrogens is 442 g/mol. The molecule has 1 aliphatic heterocycles. The average Bonchev–Trinajstić information content (AvgIpc) is 3.01.